The highest BCUT2D eigenvalue weighted by Gasteiger charge is 2.32. The van der Waals surface area contributed by atoms with Crippen LogP contribution in [-0.4, -0.2) is 44.1 Å². The SMILES string of the molecule is CCC(=O)N1CCCCC1C(=O)Nc1nc2n(n1)CCCC2. The number of carbonyl (C=O) groups excluding carboxylic acids is 2. The van der Waals surface area contributed by atoms with E-state index in [1.54, 1.807) is 4.90 Å². The van der Waals surface area contributed by atoms with Crippen molar-refractivity contribution in [3.63, 3.8) is 0 Å². The van der Waals surface area contributed by atoms with E-state index in [4.69, 9.17) is 0 Å². The number of amides is 2. The second-order valence-electron chi connectivity index (χ2n) is 5.97. The lowest BCUT2D eigenvalue weighted by Gasteiger charge is -2.34. The molecule has 22 heavy (non-hydrogen) atoms. The van der Waals surface area contributed by atoms with Gasteiger partial charge in [-0.05, 0) is 32.1 Å². The molecule has 2 amide bonds. The fraction of sp³-hybridized carbons (Fsp3) is 0.733. The number of aryl methyl sites for hydroxylation is 2. The van der Waals surface area contributed by atoms with E-state index in [0.717, 1.165) is 44.5 Å². The minimum atomic E-state index is -0.387. The molecule has 1 aromatic rings. The number of nitrogens with one attached hydrogen (secondary N) is 1. The van der Waals surface area contributed by atoms with E-state index >= 15 is 0 Å². The molecule has 2 aliphatic heterocycles. The Morgan fingerprint density at radius 2 is 2.05 bits per heavy atom. The Balaban J connectivity index is 1.69. The van der Waals surface area contributed by atoms with Gasteiger partial charge in [0, 0.05) is 25.9 Å². The summed E-state index contributed by atoms with van der Waals surface area (Å²) >= 11 is 0. The second kappa shape index (κ2) is 6.46. The van der Waals surface area contributed by atoms with Crippen LogP contribution in [0.2, 0.25) is 0 Å². The number of anilines is 1. The van der Waals surface area contributed by atoms with Crippen LogP contribution in [0.1, 0.15) is 51.3 Å². The number of nitrogens with zero attached hydrogens (tertiary/aromatic N) is 4. The van der Waals surface area contributed by atoms with Crippen molar-refractivity contribution in [2.75, 3.05) is 11.9 Å². The van der Waals surface area contributed by atoms with Gasteiger partial charge in [0.15, 0.2) is 0 Å². The molecule has 3 rings (SSSR count). The van der Waals surface area contributed by atoms with E-state index in [1.807, 2.05) is 11.6 Å². The van der Waals surface area contributed by atoms with Crippen LogP contribution < -0.4 is 5.32 Å². The smallest absolute Gasteiger partial charge is 0.249 e. The van der Waals surface area contributed by atoms with Gasteiger partial charge in [0.05, 0.1) is 0 Å². The summed E-state index contributed by atoms with van der Waals surface area (Å²) in [6, 6.07) is -0.387. The van der Waals surface area contributed by atoms with Gasteiger partial charge in [0.1, 0.15) is 11.9 Å². The van der Waals surface area contributed by atoms with Gasteiger partial charge in [0.25, 0.3) is 0 Å². The lowest BCUT2D eigenvalue weighted by Crippen LogP contribution is -2.49. The number of likely N-dealkylation sites (tertiary alicyclic amines) is 1. The molecule has 1 unspecified atom stereocenters. The number of fused-ring (bicyclic) bond motifs is 1. The summed E-state index contributed by atoms with van der Waals surface area (Å²) in [5.74, 6) is 1.18. The quantitative estimate of drug-likeness (QED) is 0.914. The molecular weight excluding hydrogens is 282 g/mol. The van der Waals surface area contributed by atoms with Gasteiger partial charge in [0.2, 0.25) is 17.8 Å². The zero-order valence-corrected chi connectivity index (χ0v) is 13.0. The Morgan fingerprint density at radius 3 is 2.82 bits per heavy atom. The third-order valence-electron chi connectivity index (χ3n) is 4.43. The fourth-order valence-corrected chi connectivity index (χ4v) is 3.24. The molecule has 1 fully saturated rings. The van der Waals surface area contributed by atoms with Crippen molar-refractivity contribution in [3.8, 4) is 0 Å². The van der Waals surface area contributed by atoms with Crippen LogP contribution in [0.25, 0.3) is 0 Å². The predicted molar refractivity (Wildman–Crippen MR) is 81.2 cm³/mol. The van der Waals surface area contributed by atoms with E-state index in [9.17, 15) is 9.59 Å². The summed E-state index contributed by atoms with van der Waals surface area (Å²) in [5, 5.41) is 7.15. The third kappa shape index (κ3) is 2.98. The molecule has 0 aliphatic carbocycles. The van der Waals surface area contributed by atoms with Gasteiger partial charge in [-0.1, -0.05) is 6.92 Å². The lowest BCUT2D eigenvalue weighted by atomic mass is 10.0. The summed E-state index contributed by atoms with van der Waals surface area (Å²) in [6.07, 6.45) is 6.21. The van der Waals surface area contributed by atoms with Gasteiger partial charge < -0.3 is 4.90 Å². The Labute approximate surface area is 130 Å². The Hall–Kier alpha value is -1.92. The number of aromatic nitrogens is 3. The molecule has 7 heteroatoms. The van der Waals surface area contributed by atoms with Crippen LogP contribution in [0.4, 0.5) is 5.95 Å². The number of piperidine rings is 1. The molecule has 7 nitrogen and oxygen atoms in total. The standard InChI is InChI=1S/C15H23N5O2/c1-2-13(21)19-9-5-3-7-11(19)14(22)17-15-16-12-8-4-6-10-20(12)18-15/h11H,2-10H2,1H3,(H,17,18,22). The van der Waals surface area contributed by atoms with Gasteiger partial charge in [-0.15, -0.1) is 5.10 Å². The first-order chi connectivity index (χ1) is 10.7. The molecule has 0 aromatic carbocycles. The van der Waals surface area contributed by atoms with Crippen molar-refractivity contribution in [2.45, 2.75) is 64.5 Å². The Morgan fingerprint density at radius 1 is 1.23 bits per heavy atom. The van der Waals surface area contributed by atoms with Gasteiger partial charge in [-0.3, -0.25) is 14.9 Å². The average molecular weight is 305 g/mol. The number of rotatable bonds is 3. The Bertz CT molecular complexity index is 545. The zero-order chi connectivity index (χ0) is 15.5. The van der Waals surface area contributed by atoms with Crippen molar-refractivity contribution >= 4 is 17.8 Å². The largest absolute Gasteiger partial charge is 0.331 e. The normalized spacial score (nSPS) is 21.3. The van der Waals surface area contributed by atoms with Gasteiger partial charge >= 0.3 is 0 Å². The zero-order valence-electron chi connectivity index (χ0n) is 13.0. The molecule has 0 radical (unpaired) electrons. The summed E-state index contributed by atoms with van der Waals surface area (Å²) in [4.78, 5) is 30.6. The molecule has 1 saturated heterocycles. The fourth-order valence-electron chi connectivity index (χ4n) is 3.24. The summed E-state index contributed by atoms with van der Waals surface area (Å²) in [6.45, 7) is 3.36. The van der Waals surface area contributed by atoms with Crippen LogP contribution >= 0.6 is 0 Å². The molecule has 0 bridgehead atoms. The predicted octanol–water partition coefficient (Wildman–Crippen LogP) is 1.34. The highest BCUT2D eigenvalue weighted by Crippen LogP contribution is 2.20. The van der Waals surface area contributed by atoms with Crippen molar-refractivity contribution in [1.82, 2.24) is 19.7 Å². The minimum absolute atomic E-state index is 0.0388. The molecule has 3 heterocycles. The average Bonchev–Trinajstić information content (AvgIpc) is 2.96. The summed E-state index contributed by atoms with van der Waals surface area (Å²) in [7, 11) is 0. The molecule has 1 aromatic heterocycles. The minimum Gasteiger partial charge on any atom is -0.331 e. The number of carbonyl (C=O) groups is 2. The van der Waals surface area contributed by atoms with E-state index in [2.05, 4.69) is 15.4 Å². The van der Waals surface area contributed by atoms with Gasteiger partial charge in [-0.25, -0.2) is 4.68 Å². The van der Waals surface area contributed by atoms with E-state index in [-0.39, 0.29) is 17.9 Å². The van der Waals surface area contributed by atoms with Crippen LogP contribution in [0.3, 0.4) is 0 Å². The van der Waals surface area contributed by atoms with Crippen molar-refractivity contribution in [1.29, 1.82) is 0 Å². The Kier molecular flexibility index (Phi) is 4.40. The first-order valence-corrected chi connectivity index (χ1v) is 8.23. The molecule has 2 aliphatic rings. The van der Waals surface area contributed by atoms with Gasteiger partial charge in [-0.2, -0.15) is 4.98 Å². The van der Waals surface area contributed by atoms with E-state index < -0.39 is 0 Å². The first-order valence-electron chi connectivity index (χ1n) is 8.23. The highest BCUT2D eigenvalue weighted by molar-refractivity contribution is 5.96. The summed E-state index contributed by atoms with van der Waals surface area (Å²) in [5.41, 5.74) is 0. The molecule has 120 valence electrons. The molecule has 1 atom stereocenters. The molecular formula is C15H23N5O2. The maximum Gasteiger partial charge on any atom is 0.249 e. The highest BCUT2D eigenvalue weighted by atomic mass is 16.2. The second-order valence-corrected chi connectivity index (χ2v) is 5.97. The monoisotopic (exact) mass is 305 g/mol. The molecule has 1 N–H and O–H groups in total. The van der Waals surface area contributed by atoms with Crippen molar-refractivity contribution in [2.24, 2.45) is 0 Å². The van der Waals surface area contributed by atoms with Crippen LogP contribution in [0, 0.1) is 0 Å². The number of hydrogen-bond donors (Lipinski definition) is 1. The summed E-state index contributed by atoms with van der Waals surface area (Å²) < 4.78 is 1.87. The molecule has 0 spiro atoms. The lowest BCUT2D eigenvalue weighted by molar-refractivity contribution is -0.140. The topological polar surface area (TPSA) is 80.1 Å². The molecule has 0 saturated carbocycles. The van der Waals surface area contributed by atoms with Crippen LogP contribution in [0.5, 0.6) is 0 Å². The van der Waals surface area contributed by atoms with Crippen molar-refractivity contribution < 1.29 is 9.59 Å². The third-order valence-corrected chi connectivity index (χ3v) is 4.43. The van der Waals surface area contributed by atoms with Crippen LogP contribution in [0.15, 0.2) is 0 Å². The van der Waals surface area contributed by atoms with Crippen molar-refractivity contribution in [3.05, 3.63) is 5.82 Å². The van der Waals surface area contributed by atoms with Crippen LogP contribution in [-0.2, 0) is 22.6 Å². The van der Waals surface area contributed by atoms with E-state index in [1.165, 1.54) is 0 Å². The first kappa shape index (κ1) is 15.0. The maximum absolute atomic E-state index is 12.5. The number of hydrogen-bond acceptors (Lipinski definition) is 4. The maximum atomic E-state index is 12.5. The van der Waals surface area contributed by atoms with E-state index in [0.29, 0.717) is 25.3 Å².